The van der Waals surface area contributed by atoms with E-state index in [1.807, 2.05) is 32.0 Å². The number of carbonyl (C=O) groups is 1. The lowest BCUT2D eigenvalue weighted by atomic mass is 9.83. The largest absolute Gasteiger partial charge is 0.493 e. The molecule has 2 heterocycles. The van der Waals surface area contributed by atoms with Gasteiger partial charge in [0.05, 0.1) is 19.6 Å². The van der Waals surface area contributed by atoms with Gasteiger partial charge in [-0.3, -0.25) is 4.79 Å². The predicted molar refractivity (Wildman–Crippen MR) is 93.7 cm³/mol. The quantitative estimate of drug-likeness (QED) is 0.869. The molecular formula is C19H28N2O3. The Bertz CT molecular complexity index is 603. The highest BCUT2D eigenvalue weighted by molar-refractivity contribution is 5.87. The number of ether oxygens (including phenoxy) is 2. The van der Waals surface area contributed by atoms with Gasteiger partial charge in [-0.2, -0.15) is 0 Å². The molecule has 2 aliphatic heterocycles. The van der Waals surface area contributed by atoms with Crippen molar-refractivity contribution in [3.63, 3.8) is 0 Å². The molecule has 2 N–H and O–H groups in total. The third-order valence-electron chi connectivity index (χ3n) is 5.48. The summed E-state index contributed by atoms with van der Waals surface area (Å²) in [5, 5.41) is 6.88. The highest BCUT2D eigenvalue weighted by Gasteiger charge is 2.37. The number of rotatable bonds is 5. The summed E-state index contributed by atoms with van der Waals surface area (Å²) >= 11 is 0. The van der Waals surface area contributed by atoms with Crippen LogP contribution in [0.25, 0.3) is 0 Å². The fourth-order valence-electron chi connectivity index (χ4n) is 3.90. The summed E-state index contributed by atoms with van der Waals surface area (Å²) in [5.41, 5.74) is 0.304. The molecule has 2 saturated heterocycles. The van der Waals surface area contributed by atoms with Gasteiger partial charge in [-0.05, 0) is 57.2 Å². The molecule has 132 valence electrons. The van der Waals surface area contributed by atoms with Crippen LogP contribution < -0.4 is 20.1 Å². The molecule has 2 unspecified atom stereocenters. The van der Waals surface area contributed by atoms with Crippen LogP contribution in [-0.2, 0) is 10.2 Å². The number of methoxy groups -OCH3 is 2. The monoisotopic (exact) mass is 332 g/mol. The second kappa shape index (κ2) is 6.63. The molecule has 0 aromatic heterocycles. The minimum absolute atomic E-state index is 0.0704. The maximum atomic E-state index is 12.9. The van der Waals surface area contributed by atoms with Crippen molar-refractivity contribution in [2.75, 3.05) is 14.2 Å². The lowest BCUT2D eigenvalue weighted by Crippen LogP contribution is -2.51. The average Bonchev–Trinajstić information content (AvgIpc) is 2.92. The Morgan fingerprint density at radius 1 is 1.12 bits per heavy atom. The van der Waals surface area contributed by atoms with Crippen molar-refractivity contribution in [3.8, 4) is 11.5 Å². The lowest BCUT2D eigenvalue weighted by molar-refractivity contribution is -0.126. The minimum atomic E-state index is -0.622. The van der Waals surface area contributed by atoms with Gasteiger partial charge in [-0.25, -0.2) is 0 Å². The number of hydrogen-bond donors (Lipinski definition) is 2. The fraction of sp³-hybridized carbons (Fsp3) is 0.632. The van der Waals surface area contributed by atoms with E-state index in [1.54, 1.807) is 14.2 Å². The van der Waals surface area contributed by atoms with E-state index in [4.69, 9.17) is 9.47 Å². The summed E-state index contributed by atoms with van der Waals surface area (Å²) < 4.78 is 10.7. The molecule has 0 radical (unpaired) electrons. The van der Waals surface area contributed by atoms with E-state index in [1.165, 1.54) is 12.8 Å². The number of fused-ring (bicyclic) bond motifs is 2. The first-order valence-corrected chi connectivity index (χ1v) is 8.73. The van der Waals surface area contributed by atoms with Gasteiger partial charge in [-0.1, -0.05) is 6.07 Å². The van der Waals surface area contributed by atoms with E-state index >= 15 is 0 Å². The second-order valence-corrected chi connectivity index (χ2v) is 7.47. The van der Waals surface area contributed by atoms with E-state index in [2.05, 4.69) is 10.6 Å². The zero-order valence-corrected chi connectivity index (χ0v) is 15.0. The predicted octanol–water partition coefficient (Wildman–Crippen LogP) is 2.38. The number of carbonyl (C=O) groups excluding carboxylic acids is 1. The molecule has 0 saturated carbocycles. The molecule has 1 amide bonds. The molecule has 2 bridgehead atoms. The van der Waals surface area contributed by atoms with E-state index < -0.39 is 5.41 Å². The summed E-state index contributed by atoms with van der Waals surface area (Å²) in [6.45, 7) is 3.92. The Morgan fingerprint density at radius 2 is 1.75 bits per heavy atom. The highest BCUT2D eigenvalue weighted by Crippen LogP contribution is 2.34. The van der Waals surface area contributed by atoms with Crippen LogP contribution >= 0.6 is 0 Å². The molecule has 5 nitrogen and oxygen atoms in total. The SMILES string of the molecule is COc1ccc(C(C)(C)C(=O)NC2CC3CCC(C2)N3)cc1OC. The van der Waals surface area contributed by atoms with Gasteiger partial charge in [0.25, 0.3) is 0 Å². The number of nitrogens with one attached hydrogen (secondary N) is 2. The van der Waals surface area contributed by atoms with Gasteiger partial charge in [0.1, 0.15) is 0 Å². The Kier molecular flexibility index (Phi) is 4.72. The van der Waals surface area contributed by atoms with Gasteiger partial charge in [0.15, 0.2) is 11.5 Å². The van der Waals surface area contributed by atoms with Crippen molar-refractivity contribution in [2.24, 2.45) is 0 Å². The van der Waals surface area contributed by atoms with Gasteiger partial charge in [-0.15, -0.1) is 0 Å². The Balaban J connectivity index is 1.73. The molecular weight excluding hydrogens is 304 g/mol. The van der Waals surface area contributed by atoms with Crippen LogP contribution in [0, 0.1) is 0 Å². The first kappa shape index (κ1) is 17.1. The second-order valence-electron chi connectivity index (χ2n) is 7.47. The fourth-order valence-corrected chi connectivity index (χ4v) is 3.90. The van der Waals surface area contributed by atoms with E-state index in [9.17, 15) is 4.79 Å². The van der Waals surface area contributed by atoms with Crippen molar-refractivity contribution in [2.45, 2.75) is 63.1 Å². The maximum absolute atomic E-state index is 12.9. The first-order valence-electron chi connectivity index (χ1n) is 8.73. The summed E-state index contributed by atoms with van der Waals surface area (Å²) in [5.74, 6) is 1.39. The van der Waals surface area contributed by atoms with E-state index in [0.717, 1.165) is 18.4 Å². The molecule has 1 aromatic carbocycles. The maximum Gasteiger partial charge on any atom is 0.230 e. The van der Waals surface area contributed by atoms with E-state index in [-0.39, 0.29) is 11.9 Å². The molecule has 1 aromatic rings. The lowest BCUT2D eigenvalue weighted by Gasteiger charge is -2.33. The summed E-state index contributed by atoms with van der Waals surface area (Å²) in [4.78, 5) is 12.9. The van der Waals surface area contributed by atoms with Gasteiger partial charge < -0.3 is 20.1 Å². The molecule has 24 heavy (non-hydrogen) atoms. The van der Waals surface area contributed by atoms with Crippen molar-refractivity contribution < 1.29 is 14.3 Å². The van der Waals surface area contributed by atoms with Gasteiger partial charge in [0, 0.05) is 18.1 Å². The van der Waals surface area contributed by atoms with E-state index in [0.29, 0.717) is 23.6 Å². The average molecular weight is 332 g/mol. The first-order chi connectivity index (χ1) is 11.4. The highest BCUT2D eigenvalue weighted by atomic mass is 16.5. The van der Waals surface area contributed by atoms with Crippen molar-refractivity contribution >= 4 is 5.91 Å². The third kappa shape index (κ3) is 3.22. The molecule has 2 fully saturated rings. The Morgan fingerprint density at radius 3 is 2.33 bits per heavy atom. The van der Waals surface area contributed by atoms with Crippen LogP contribution in [0.15, 0.2) is 18.2 Å². The van der Waals surface area contributed by atoms with Crippen LogP contribution in [0.2, 0.25) is 0 Å². The number of benzene rings is 1. The summed E-state index contributed by atoms with van der Waals surface area (Å²) in [6.07, 6.45) is 4.53. The number of piperidine rings is 1. The molecule has 0 aliphatic carbocycles. The molecule has 5 heteroatoms. The normalized spacial score (nSPS) is 26.1. The van der Waals surface area contributed by atoms with Crippen LogP contribution in [0.1, 0.15) is 45.1 Å². The Hall–Kier alpha value is -1.75. The standard InChI is InChI=1S/C19H28N2O3/c1-19(2,12-5-8-16(23-3)17(9-12)24-4)18(22)21-15-10-13-6-7-14(11-15)20-13/h5,8-9,13-15,20H,6-7,10-11H2,1-4H3,(H,21,22). The van der Waals surface area contributed by atoms with Crippen LogP contribution in [0.3, 0.4) is 0 Å². The number of hydrogen-bond acceptors (Lipinski definition) is 4. The summed E-state index contributed by atoms with van der Waals surface area (Å²) in [7, 11) is 3.22. The van der Waals surface area contributed by atoms with Crippen molar-refractivity contribution in [1.82, 2.24) is 10.6 Å². The molecule has 2 aliphatic rings. The molecule has 3 rings (SSSR count). The zero-order valence-electron chi connectivity index (χ0n) is 15.0. The van der Waals surface area contributed by atoms with Gasteiger partial charge >= 0.3 is 0 Å². The minimum Gasteiger partial charge on any atom is -0.493 e. The zero-order chi connectivity index (χ0) is 17.3. The third-order valence-corrected chi connectivity index (χ3v) is 5.48. The van der Waals surface area contributed by atoms with Crippen LogP contribution in [0.5, 0.6) is 11.5 Å². The number of amides is 1. The Labute approximate surface area is 144 Å². The smallest absolute Gasteiger partial charge is 0.230 e. The molecule has 0 spiro atoms. The topological polar surface area (TPSA) is 59.6 Å². The summed E-state index contributed by atoms with van der Waals surface area (Å²) in [6, 6.07) is 7.10. The van der Waals surface area contributed by atoms with Crippen molar-refractivity contribution in [3.05, 3.63) is 23.8 Å². The van der Waals surface area contributed by atoms with Crippen LogP contribution in [-0.4, -0.2) is 38.3 Å². The van der Waals surface area contributed by atoms with Crippen molar-refractivity contribution in [1.29, 1.82) is 0 Å². The molecule has 2 atom stereocenters. The van der Waals surface area contributed by atoms with Gasteiger partial charge in [0.2, 0.25) is 5.91 Å². The van der Waals surface area contributed by atoms with Crippen LogP contribution in [0.4, 0.5) is 0 Å².